The standard InChI is InChI=1S/C42H68N2O5/c1-25(2)34(49-37(46)44-18-9-19-44)30-22-26(3)33-35(48-30)36(45)40(8)32-11-10-31-38(5,6)28(23-27(4)43-29-13-20-47-21-14-29)12-15-41(31)24-42(32,41)17-16-39(33,40)7/h25-26,28-36,43,45H,4,9-24H2,1-3,5-8H3/t26-,28-,30-,31+,32+,33+,34?,35+,36+,39-,40-,41-,42+/m1/s1. The van der Waals surface area contributed by atoms with Gasteiger partial charge in [0.25, 0.3) is 0 Å². The molecule has 2 spiro atoms. The SMILES string of the molecule is C=C(C[C@H]1CC[C@]23C[C@]24CC[C@]2(C)[C@@H]5[C@H](O[C@@H](C(OC(=O)N6CCC6)C(C)C)C[C@H]5C)[C@H](O)[C@@]2(C)[C@@H]4CC[C@H]3C1(C)C)NC1CCOCC1. The van der Waals surface area contributed by atoms with Gasteiger partial charge in [0.05, 0.1) is 18.3 Å². The van der Waals surface area contributed by atoms with E-state index in [1.807, 2.05) is 4.90 Å². The lowest BCUT2D eigenvalue weighted by Crippen LogP contribution is -2.59. The third-order valence-corrected chi connectivity index (χ3v) is 17.6. The molecular weight excluding hydrogens is 612 g/mol. The molecule has 0 bridgehead atoms. The molecule has 0 radical (unpaired) electrons. The van der Waals surface area contributed by atoms with Crippen LogP contribution in [-0.2, 0) is 14.2 Å². The summed E-state index contributed by atoms with van der Waals surface area (Å²) in [6, 6.07) is 0.513. The molecule has 7 heteroatoms. The number of allylic oxidation sites excluding steroid dienone is 1. The summed E-state index contributed by atoms with van der Waals surface area (Å²) in [6.07, 6.45) is 12.9. The zero-order valence-corrected chi connectivity index (χ0v) is 31.9. The zero-order chi connectivity index (χ0) is 34.7. The molecule has 0 aromatic carbocycles. The molecule has 8 aliphatic rings. The van der Waals surface area contributed by atoms with Crippen LogP contribution in [0.2, 0.25) is 0 Å². The van der Waals surface area contributed by atoms with Crippen molar-refractivity contribution in [1.29, 1.82) is 0 Å². The minimum Gasteiger partial charge on any atom is -0.443 e. The van der Waals surface area contributed by atoms with Gasteiger partial charge in [-0.2, -0.15) is 0 Å². The highest BCUT2D eigenvalue weighted by Gasteiger charge is 2.84. The number of ether oxygens (including phenoxy) is 3. The maximum absolute atomic E-state index is 13.0. The Hall–Kier alpha value is -1.31. The van der Waals surface area contributed by atoms with Crippen molar-refractivity contribution in [3.05, 3.63) is 12.3 Å². The van der Waals surface area contributed by atoms with E-state index in [2.05, 4.69) is 60.4 Å². The smallest absolute Gasteiger partial charge is 0.410 e. The third-order valence-electron chi connectivity index (χ3n) is 17.6. The molecule has 1 amide bonds. The number of aliphatic hydroxyl groups excluding tert-OH is 1. The number of nitrogens with zero attached hydrogens (tertiary/aromatic N) is 1. The van der Waals surface area contributed by atoms with E-state index in [1.54, 1.807) is 0 Å². The Morgan fingerprint density at radius 2 is 1.69 bits per heavy atom. The number of hydrogen-bond acceptors (Lipinski definition) is 6. The lowest BCUT2D eigenvalue weighted by atomic mass is 9.41. The normalized spacial score (nSPS) is 49.0. The fourth-order valence-electron chi connectivity index (χ4n) is 14.8. The minimum atomic E-state index is -0.494. The van der Waals surface area contributed by atoms with E-state index in [1.165, 1.54) is 50.6 Å². The Labute approximate surface area is 297 Å². The summed E-state index contributed by atoms with van der Waals surface area (Å²) < 4.78 is 18.9. The monoisotopic (exact) mass is 681 g/mol. The predicted molar refractivity (Wildman–Crippen MR) is 192 cm³/mol. The number of carbonyl (C=O) groups excluding carboxylic acids is 1. The third kappa shape index (κ3) is 4.85. The lowest BCUT2D eigenvalue weighted by Gasteiger charge is -2.64. The van der Waals surface area contributed by atoms with Gasteiger partial charge in [0.15, 0.2) is 0 Å². The largest absolute Gasteiger partial charge is 0.443 e. The van der Waals surface area contributed by atoms with Crippen molar-refractivity contribution in [3.63, 3.8) is 0 Å². The van der Waals surface area contributed by atoms with Crippen LogP contribution in [0.1, 0.15) is 126 Å². The van der Waals surface area contributed by atoms with Gasteiger partial charge in [-0.1, -0.05) is 55.0 Å². The van der Waals surface area contributed by atoms with Crippen molar-refractivity contribution in [3.8, 4) is 0 Å². The molecule has 1 unspecified atom stereocenters. The van der Waals surface area contributed by atoms with Crippen LogP contribution in [0.25, 0.3) is 0 Å². The molecule has 5 aliphatic carbocycles. The van der Waals surface area contributed by atoms with Crippen molar-refractivity contribution in [2.75, 3.05) is 26.3 Å². The summed E-state index contributed by atoms with van der Waals surface area (Å²) in [5.74, 6) is 2.83. The first-order valence-electron chi connectivity index (χ1n) is 20.5. The summed E-state index contributed by atoms with van der Waals surface area (Å²) in [6.45, 7) is 24.8. The van der Waals surface area contributed by atoms with E-state index in [4.69, 9.17) is 14.2 Å². The fraction of sp³-hybridized carbons (Fsp3) is 0.929. The van der Waals surface area contributed by atoms with Crippen LogP contribution in [0.3, 0.4) is 0 Å². The number of hydrogen-bond donors (Lipinski definition) is 2. The second-order valence-corrected chi connectivity index (χ2v) is 20.0. The van der Waals surface area contributed by atoms with Crippen LogP contribution < -0.4 is 5.32 Å². The highest BCUT2D eigenvalue weighted by molar-refractivity contribution is 5.68. The Morgan fingerprint density at radius 3 is 2.37 bits per heavy atom. The number of aliphatic hydroxyl groups is 1. The maximum Gasteiger partial charge on any atom is 0.410 e. The Bertz CT molecular complexity index is 1310. The molecule has 2 N–H and O–H groups in total. The van der Waals surface area contributed by atoms with E-state index in [9.17, 15) is 9.90 Å². The van der Waals surface area contributed by atoms with Crippen molar-refractivity contribution in [2.24, 2.45) is 62.6 Å². The predicted octanol–water partition coefficient (Wildman–Crippen LogP) is 7.96. The number of likely N-dealkylation sites (tertiary alicyclic amines) is 1. The van der Waals surface area contributed by atoms with Gasteiger partial charge in [-0.25, -0.2) is 4.79 Å². The van der Waals surface area contributed by atoms with Crippen molar-refractivity contribution >= 4 is 6.09 Å². The van der Waals surface area contributed by atoms with Crippen molar-refractivity contribution < 1.29 is 24.1 Å². The number of carbonyl (C=O) groups is 1. The average Bonchev–Trinajstić information content (AvgIpc) is 3.65. The molecule has 8 rings (SSSR count). The van der Waals surface area contributed by atoms with E-state index >= 15 is 0 Å². The first kappa shape index (κ1) is 34.8. The van der Waals surface area contributed by atoms with Crippen LogP contribution >= 0.6 is 0 Å². The fourth-order valence-corrected chi connectivity index (χ4v) is 14.8. The summed E-state index contributed by atoms with van der Waals surface area (Å²) in [7, 11) is 0. The van der Waals surface area contributed by atoms with Crippen molar-refractivity contribution in [1.82, 2.24) is 10.2 Å². The molecule has 7 nitrogen and oxygen atoms in total. The summed E-state index contributed by atoms with van der Waals surface area (Å²) in [5.41, 5.74) is 2.15. The molecule has 8 fully saturated rings. The van der Waals surface area contributed by atoms with Gasteiger partial charge in [-0.05, 0) is 134 Å². The highest BCUT2D eigenvalue weighted by atomic mass is 16.6. The second-order valence-electron chi connectivity index (χ2n) is 20.0. The van der Waals surface area contributed by atoms with Gasteiger partial charge in [0.2, 0.25) is 0 Å². The van der Waals surface area contributed by atoms with Gasteiger partial charge in [-0.3, -0.25) is 0 Å². The van der Waals surface area contributed by atoms with E-state index < -0.39 is 6.10 Å². The van der Waals surface area contributed by atoms with E-state index in [-0.39, 0.29) is 46.6 Å². The molecule has 3 saturated heterocycles. The summed E-state index contributed by atoms with van der Waals surface area (Å²) >= 11 is 0. The van der Waals surface area contributed by atoms with Crippen LogP contribution in [0.5, 0.6) is 0 Å². The quantitative estimate of drug-likeness (QED) is 0.284. The molecule has 0 aromatic rings. The van der Waals surface area contributed by atoms with Gasteiger partial charge < -0.3 is 29.5 Å². The van der Waals surface area contributed by atoms with Gasteiger partial charge in [0, 0.05) is 43.5 Å². The lowest BCUT2D eigenvalue weighted by molar-refractivity contribution is -0.183. The number of nitrogens with one attached hydrogen (secondary N) is 1. The molecule has 49 heavy (non-hydrogen) atoms. The number of amides is 1. The molecule has 276 valence electrons. The molecule has 13 atom stereocenters. The van der Waals surface area contributed by atoms with Gasteiger partial charge in [0.1, 0.15) is 6.10 Å². The molecular formula is C42H68N2O5. The summed E-state index contributed by atoms with van der Waals surface area (Å²) in [4.78, 5) is 14.8. The molecule has 5 saturated carbocycles. The van der Waals surface area contributed by atoms with Gasteiger partial charge in [-0.15, -0.1) is 0 Å². The van der Waals surface area contributed by atoms with Crippen LogP contribution in [0, 0.1) is 62.6 Å². The first-order valence-corrected chi connectivity index (χ1v) is 20.5. The average molecular weight is 681 g/mol. The van der Waals surface area contributed by atoms with E-state index in [0.717, 1.165) is 64.3 Å². The first-order chi connectivity index (χ1) is 23.2. The second kappa shape index (κ2) is 11.9. The summed E-state index contributed by atoms with van der Waals surface area (Å²) in [5, 5.41) is 16.5. The Kier molecular flexibility index (Phi) is 8.41. The Balaban J connectivity index is 1.01. The van der Waals surface area contributed by atoms with E-state index in [0.29, 0.717) is 40.5 Å². The number of rotatable bonds is 7. The molecule has 3 heterocycles. The Morgan fingerprint density at radius 1 is 1.00 bits per heavy atom. The number of fused-ring (bicyclic) bond motifs is 4. The van der Waals surface area contributed by atoms with Crippen LogP contribution in [0.15, 0.2) is 12.3 Å². The maximum atomic E-state index is 13.0. The topological polar surface area (TPSA) is 80.3 Å². The zero-order valence-electron chi connectivity index (χ0n) is 31.9. The minimum absolute atomic E-state index is 0.0376. The molecule has 0 aromatic heterocycles. The van der Waals surface area contributed by atoms with Crippen LogP contribution in [0.4, 0.5) is 4.79 Å². The van der Waals surface area contributed by atoms with Gasteiger partial charge >= 0.3 is 6.09 Å². The highest BCUT2D eigenvalue weighted by Crippen LogP contribution is 2.89. The van der Waals surface area contributed by atoms with Crippen molar-refractivity contribution in [2.45, 2.75) is 156 Å². The molecule has 3 aliphatic heterocycles. The van der Waals surface area contributed by atoms with Crippen LogP contribution in [-0.4, -0.2) is 72.9 Å².